The number of alkyl halides is 3. The number of hydrogen-bond donors (Lipinski definition) is 2. The molecule has 26 heavy (non-hydrogen) atoms. The van der Waals surface area contributed by atoms with Crippen LogP contribution in [-0.4, -0.2) is 35.3 Å². The van der Waals surface area contributed by atoms with Gasteiger partial charge in [0.1, 0.15) is 5.56 Å². The van der Waals surface area contributed by atoms with Gasteiger partial charge in [-0.05, 0) is 29.8 Å². The number of ether oxygens (including phenoxy) is 1. The van der Waals surface area contributed by atoms with Gasteiger partial charge < -0.3 is 15.2 Å². The van der Waals surface area contributed by atoms with Crippen molar-refractivity contribution in [2.75, 3.05) is 13.2 Å². The number of aliphatic hydroxyl groups excluding tert-OH is 1. The van der Waals surface area contributed by atoms with Gasteiger partial charge in [-0.25, -0.2) is 13.8 Å². The van der Waals surface area contributed by atoms with Crippen LogP contribution in [0.25, 0.3) is 0 Å². The molecule has 1 atom stereocenters. The summed E-state index contributed by atoms with van der Waals surface area (Å²) in [6, 6.07) is 5.24. The fourth-order valence-corrected chi connectivity index (χ4v) is 1.95. The first kappa shape index (κ1) is 19.6. The molecule has 1 amide bonds. The fourth-order valence-electron chi connectivity index (χ4n) is 1.95. The highest BCUT2D eigenvalue weighted by atomic mass is 19.4. The Bertz CT molecular complexity index is 783. The third-order valence-electron chi connectivity index (χ3n) is 3.17. The van der Waals surface area contributed by atoms with E-state index in [9.17, 15) is 31.9 Å². The summed E-state index contributed by atoms with van der Waals surface area (Å²) < 4.78 is 67.2. The van der Waals surface area contributed by atoms with Crippen LogP contribution in [0.1, 0.15) is 22.0 Å². The summed E-state index contributed by atoms with van der Waals surface area (Å²) in [7, 11) is 0. The minimum Gasteiger partial charge on any atom is -0.467 e. The molecule has 1 aromatic carbocycles. The van der Waals surface area contributed by atoms with E-state index >= 15 is 0 Å². The molecule has 1 heterocycles. The number of aromatic nitrogens is 1. The van der Waals surface area contributed by atoms with Crippen molar-refractivity contribution in [1.29, 1.82) is 0 Å². The molecule has 0 fully saturated rings. The number of aliphatic hydroxyl groups is 1. The predicted octanol–water partition coefficient (Wildman–Crippen LogP) is 2.76. The highest BCUT2D eigenvalue weighted by molar-refractivity contribution is 5.96. The second-order valence-corrected chi connectivity index (χ2v) is 5.16. The summed E-state index contributed by atoms with van der Waals surface area (Å²) in [5.74, 6) is -3.63. The molecule has 0 saturated carbocycles. The second kappa shape index (κ2) is 8.09. The molecule has 0 radical (unpaired) electrons. The molecule has 5 nitrogen and oxygen atoms in total. The monoisotopic (exact) mass is 376 g/mol. The van der Waals surface area contributed by atoms with Crippen LogP contribution in [-0.2, 0) is 0 Å². The van der Waals surface area contributed by atoms with Gasteiger partial charge in [0.25, 0.3) is 5.91 Å². The van der Waals surface area contributed by atoms with Crippen LogP contribution in [0.15, 0.2) is 36.5 Å². The van der Waals surface area contributed by atoms with E-state index in [1.807, 2.05) is 0 Å². The lowest BCUT2D eigenvalue weighted by atomic mass is 10.1. The van der Waals surface area contributed by atoms with E-state index in [0.717, 1.165) is 24.4 Å². The zero-order valence-corrected chi connectivity index (χ0v) is 13.1. The molecule has 2 N–H and O–H groups in total. The largest absolute Gasteiger partial charge is 0.467 e. The average Bonchev–Trinajstić information content (AvgIpc) is 2.59. The van der Waals surface area contributed by atoms with Crippen LogP contribution in [0.3, 0.4) is 0 Å². The van der Waals surface area contributed by atoms with Crippen LogP contribution in [0.4, 0.5) is 22.0 Å². The number of halogens is 5. The highest BCUT2D eigenvalue weighted by Crippen LogP contribution is 2.20. The van der Waals surface area contributed by atoms with E-state index in [1.165, 1.54) is 12.1 Å². The molecule has 140 valence electrons. The number of nitrogens with zero attached hydrogens (tertiary/aromatic N) is 1. The quantitative estimate of drug-likeness (QED) is 0.761. The SMILES string of the molecule is O=C(NC[C@H](O)c1ccc(F)c(F)c1)c1cccnc1OCC(F)(F)F. The van der Waals surface area contributed by atoms with Crippen LogP contribution >= 0.6 is 0 Å². The Morgan fingerprint density at radius 1 is 1.23 bits per heavy atom. The topological polar surface area (TPSA) is 71.5 Å². The van der Waals surface area contributed by atoms with Crippen LogP contribution < -0.4 is 10.1 Å². The maximum Gasteiger partial charge on any atom is 0.422 e. The number of benzene rings is 1. The smallest absolute Gasteiger partial charge is 0.422 e. The molecule has 2 aromatic rings. The molecule has 0 bridgehead atoms. The molecule has 0 saturated heterocycles. The van der Waals surface area contributed by atoms with E-state index in [1.54, 1.807) is 0 Å². The normalized spacial score (nSPS) is 12.5. The van der Waals surface area contributed by atoms with Crippen molar-refractivity contribution in [2.45, 2.75) is 12.3 Å². The molecule has 0 unspecified atom stereocenters. The lowest BCUT2D eigenvalue weighted by Gasteiger charge is -2.14. The minimum absolute atomic E-state index is 0.0175. The van der Waals surface area contributed by atoms with E-state index in [4.69, 9.17) is 0 Å². The maximum atomic E-state index is 13.1. The number of hydrogen-bond acceptors (Lipinski definition) is 4. The van der Waals surface area contributed by atoms with Crippen molar-refractivity contribution in [3.8, 4) is 5.88 Å². The zero-order valence-electron chi connectivity index (χ0n) is 13.1. The summed E-state index contributed by atoms with van der Waals surface area (Å²) in [5.41, 5.74) is -0.252. The molecule has 10 heteroatoms. The Labute approximate surface area is 144 Å². The minimum atomic E-state index is -4.60. The molecule has 1 aromatic heterocycles. The predicted molar refractivity (Wildman–Crippen MR) is 79.4 cm³/mol. The van der Waals surface area contributed by atoms with Gasteiger partial charge in [-0.2, -0.15) is 13.2 Å². The van der Waals surface area contributed by atoms with Gasteiger partial charge in [0, 0.05) is 12.7 Å². The highest BCUT2D eigenvalue weighted by Gasteiger charge is 2.29. The van der Waals surface area contributed by atoms with E-state index in [-0.39, 0.29) is 11.1 Å². The van der Waals surface area contributed by atoms with Crippen LogP contribution in [0.5, 0.6) is 5.88 Å². The second-order valence-electron chi connectivity index (χ2n) is 5.16. The third kappa shape index (κ3) is 5.38. The molecule has 0 aliphatic carbocycles. The maximum absolute atomic E-state index is 13.1. The molecule has 0 spiro atoms. The first-order chi connectivity index (χ1) is 12.2. The first-order valence-corrected chi connectivity index (χ1v) is 7.23. The van der Waals surface area contributed by atoms with Gasteiger partial charge >= 0.3 is 6.18 Å². The molecule has 0 aliphatic heterocycles. The zero-order chi connectivity index (χ0) is 19.3. The number of pyridine rings is 1. The van der Waals surface area contributed by atoms with Gasteiger partial charge in [-0.1, -0.05) is 6.07 Å². The number of amides is 1. The van der Waals surface area contributed by atoms with Crippen molar-refractivity contribution >= 4 is 5.91 Å². The molecule has 2 rings (SSSR count). The van der Waals surface area contributed by atoms with E-state index < -0.39 is 48.9 Å². The van der Waals surface area contributed by atoms with Crippen molar-refractivity contribution in [3.05, 3.63) is 59.3 Å². The third-order valence-corrected chi connectivity index (χ3v) is 3.17. The van der Waals surface area contributed by atoms with E-state index in [0.29, 0.717) is 0 Å². The number of carbonyl (C=O) groups is 1. The fraction of sp³-hybridized carbons (Fsp3) is 0.250. The van der Waals surface area contributed by atoms with Crippen molar-refractivity contribution in [1.82, 2.24) is 10.3 Å². The summed E-state index contributed by atoms with van der Waals surface area (Å²) >= 11 is 0. The molecular formula is C16H13F5N2O3. The van der Waals surface area contributed by atoms with Crippen molar-refractivity contribution in [2.24, 2.45) is 0 Å². The lowest BCUT2D eigenvalue weighted by molar-refractivity contribution is -0.154. The van der Waals surface area contributed by atoms with Gasteiger partial charge in [0.2, 0.25) is 5.88 Å². The summed E-state index contributed by atoms with van der Waals surface area (Å²) in [6.45, 7) is -2.01. The Hall–Kier alpha value is -2.75. The summed E-state index contributed by atoms with van der Waals surface area (Å²) in [4.78, 5) is 15.7. The van der Waals surface area contributed by atoms with Gasteiger partial charge in [0.05, 0.1) is 6.10 Å². The molecular weight excluding hydrogens is 363 g/mol. The van der Waals surface area contributed by atoms with Crippen molar-refractivity contribution < 1.29 is 36.6 Å². The average molecular weight is 376 g/mol. The Morgan fingerprint density at radius 2 is 1.96 bits per heavy atom. The van der Waals surface area contributed by atoms with Crippen LogP contribution in [0, 0.1) is 11.6 Å². The summed E-state index contributed by atoms with van der Waals surface area (Å²) in [5, 5.41) is 12.2. The van der Waals surface area contributed by atoms with Gasteiger partial charge in [0.15, 0.2) is 18.2 Å². The first-order valence-electron chi connectivity index (χ1n) is 7.23. The van der Waals surface area contributed by atoms with E-state index in [2.05, 4.69) is 15.0 Å². The van der Waals surface area contributed by atoms with Gasteiger partial charge in [-0.15, -0.1) is 0 Å². The van der Waals surface area contributed by atoms with Crippen LogP contribution in [0.2, 0.25) is 0 Å². The number of rotatable bonds is 6. The summed E-state index contributed by atoms with van der Waals surface area (Å²) in [6.07, 6.45) is -4.81. The Balaban J connectivity index is 2.02. The Morgan fingerprint density at radius 3 is 2.62 bits per heavy atom. The number of nitrogens with one attached hydrogen (secondary N) is 1. The number of carbonyl (C=O) groups excluding carboxylic acids is 1. The van der Waals surface area contributed by atoms with Crippen molar-refractivity contribution in [3.63, 3.8) is 0 Å². The Kier molecular flexibility index (Phi) is 6.09. The van der Waals surface area contributed by atoms with Gasteiger partial charge in [-0.3, -0.25) is 4.79 Å². The molecule has 0 aliphatic rings. The standard InChI is InChI=1S/C16H13F5N2O3/c17-11-4-3-9(6-12(11)18)13(24)7-23-14(25)10-2-1-5-22-15(10)26-8-16(19,20)21/h1-6,13,24H,7-8H2,(H,23,25)/t13-/m0/s1. The lowest BCUT2D eigenvalue weighted by Crippen LogP contribution is -2.29.